The van der Waals surface area contributed by atoms with Crippen molar-refractivity contribution in [3.05, 3.63) is 129 Å². The first-order valence-electron chi connectivity index (χ1n) is 18.6. The molecule has 0 aliphatic heterocycles. The first-order chi connectivity index (χ1) is 22.1. The molecule has 0 N–H and O–H groups in total. The van der Waals surface area contributed by atoms with Gasteiger partial charge in [-0.25, -0.2) is 0 Å². The molecule has 0 saturated heterocycles. The van der Waals surface area contributed by atoms with Crippen LogP contribution in [0.3, 0.4) is 0 Å². The molecular weight excluding hydrogens is 759 g/mol. The molecule has 4 aromatic carbocycles. The second-order valence-electron chi connectivity index (χ2n) is 21.0. The van der Waals surface area contributed by atoms with Crippen LogP contribution in [0.5, 0.6) is 0 Å². The van der Waals surface area contributed by atoms with E-state index in [0.717, 1.165) is 0 Å². The standard InChI is InChI=1S/2C21H23.4CH3.Hf.H2Si/c2*1-14(2)17-11-18(15(3)4)13-19(12-17)21-10-6-8-16-7-5-9-20(16)21;;;;;;/h2*5-15H,1-4H3;4*1H3;;1H2. The molecule has 252 valence electrons. The Bertz CT molecular complexity index is 1930. The number of fused-ring (bicyclic) bond motifs is 2. The van der Waals surface area contributed by atoms with Gasteiger partial charge in [0.15, 0.2) is 0 Å². The Kier molecular flexibility index (Phi) is 7.88. The molecule has 6 rings (SSSR count). The molecule has 0 aromatic heterocycles. The summed E-state index contributed by atoms with van der Waals surface area (Å²) in [6.07, 6.45) is 10.2. The Morgan fingerprint density at radius 3 is 1.08 bits per heavy atom. The van der Waals surface area contributed by atoms with Crippen LogP contribution in [0.25, 0.3) is 34.4 Å². The summed E-state index contributed by atoms with van der Waals surface area (Å²) in [4.78, 5) is 0. The van der Waals surface area contributed by atoms with Crippen molar-refractivity contribution in [1.82, 2.24) is 0 Å². The summed E-state index contributed by atoms with van der Waals surface area (Å²) in [5, 5.41) is 0. The predicted octanol–water partition coefficient (Wildman–Crippen LogP) is 13.9. The SMILES string of the molecule is CC(C)c1cc(-c2cccc3c2C=C[CH]3[Hf]([CH3])([CH3])([CH3])([CH3])(=[SiH2])[CH]2C=Cc3c(-c4cc(C(C)C)cc(C(C)C)c4)cccc32)cc(C(C)C)c1. The van der Waals surface area contributed by atoms with Crippen LogP contribution in [0.1, 0.15) is 131 Å². The van der Waals surface area contributed by atoms with Crippen LogP contribution in [0.2, 0.25) is 18.7 Å². The molecule has 0 spiro atoms. The van der Waals surface area contributed by atoms with E-state index in [1.165, 1.54) is 66.8 Å². The van der Waals surface area contributed by atoms with Gasteiger partial charge < -0.3 is 0 Å². The third-order valence-corrected chi connectivity index (χ3v) is 46.8. The average Bonchev–Trinajstić information content (AvgIpc) is 3.67. The van der Waals surface area contributed by atoms with Gasteiger partial charge in [-0.15, -0.1) is 0 Å². The molecule has 0 heterocycles. The molecule has 2 heteroatoms. The Hall–Kier alpha value is -2.55. The van der Waals surface area contributed by atoms with Crippen molar-refractivity contribution >= 4 is 19.1 Å². The van der Waals surface area contributed by atoms with Gasteiger partial charge in [-0.05, 0) is 0 Å². The minimum absolute atomic E-state index is 0.390. The van der Waals surface area contributed by atoms with Crippen LogP contribution in [-0.2, 0) is 14.2 Å². The topological polar surface area (TPSA) is 0 Å². The Morgan fingerprint density at radius 2 is 0.792 bits per heavy atom. The second-order valence-corrected chi connectivity index (χ2v) is 108. The van der Waals surface area contributed by atoms with E-state index in [-0.39, 0.29) is 0 Å². The number of allylic oxidation sites excluding steroid dienone is 2. The summed E-state index contributed by atoms with van der Waals surface area (Å²) in [6, 6.07) is 28.9. The minimum atomic E-state index is -4.85. The Labute approximate surface area is 288 Å². The molecule has 2 aliphatic carbocycles. The fraction of sp³-hybridized carbons (Fsp3) is 0.391. The van der Waals surface area contributed by atoms with E-state index < -0.39 is 14.2 Å². The van der Waals surface area contributed by atoms with Gasteiger partial charge in [0.2, 0.25) is 0 Å². The fourth-order valence-corrected chi connectivity index (χ4v) is 37.9. The molecular formula is C46H60HfSi. The molecule has 2 atom stereocenters. The van der Waals surface area contributed by atoms with Crippen LogP contribution in [0, 0.1) is 0 Å². The second kappa shape index (κ2) is 10.7. The zero-order valence-electron chi connectivity index (χ0n) is 31.9. The molecule has 4 aromatic rings. The summed E-state index contributed by atoms with van der Waals surface area (Å²) < 4.78 is 11.8. The third kappa shape index (κ3) is 5.87. The van der Waals surface area contributed by atoms with E-state index in [1.807, 2.05) is 0 Å². The number of hydrogen-bond donors (Lipinski definition) is 0. The van der Waals surface area contributed by atoms with E-state index >= 15 is 0 Å². The molecule has 2 aliphatic rings. The molecule has 0 bridgehead atoms. The van der Waals surface area contributed by atoms with Crippen molar-refractivity contribution in [2.45, 2.75) is 105 Å². The monoisotopic (exact) mass is 820 g/mol. The first-order valence-corrected chi connectivity index (χ1v) is 45.5. The van der Waals surface area contributed by atoms with Crippen LogP contribution in [0.15, 0.2) is 84.9 Å². The van der Waals surface area contributed by atoms with E-state index in [1.54, 1.807) is 0 Å². The van der Waals surface area contributed by atoms with E-state index in [2.05, 4.69) is 178 Å². The fourth-order valence-electron chi connectivity index (χ4n) is 9.03. The predicted molar refractivity (Wildman–Crippen MR) is 216 cm³/mol. The van der Waals surface area contributed by atoms with Crippen molar-refractivity contribution in [3.63, 3.8) is 0 Å². The van der Waals surface area contributed by atoms with Gasteiger partial charge in [0.25, 0.3) is 0 Å². The van der Waals surface area contributed by atoms with E-state index in [0.29, 0.717) is 31.0 Å². The summed E-state index contributed by atoms with van der Waals surface area (Å²) in [5.41, 5.74) is 17.1. The molecule has 2 unspecified atom stereocenters. The zero-order chi connectivity index (χ0) is 35.1. The van der Waals surface area contributed by atoms with E-state index in [9.17, 15) is 0 Å². The van der Waals surface area contributed by atoms with Gasteiger partial charge in [0, 0.05) is 0 Å². The number of hydrogen-bond acceptors (Lipinski definition) is 0. The van der Waals surface area contributed by atoms with Crippen molar-refractivity contribution in [3.8, 4) is 22.3 Å². The van der Waals surface area contributed by atoms with Gasteiger partial charge in [-0.1, -0.05) is 0 Å². The van der Waals surface area contributed by atoms with Gasteiger partial charge in [0.1, 0.15) is 0 Å². The molecule has 0 saturated carbocycles. The molecule has 0 nitrogen and oxygen atoms in total. The maximum atomic E-state index is 2.75. The summed E-state index contributed by atoms with van der Waals surface area (Å²) >= 11 is -4.85. The van der Waals surface area contributed by atoms with E-state index in [4.69, 9.17) is 0 Å². The Morgan fingerprint density at radius 1 is 0.479 bits per heavy atom. The molecule has 0 amide bonds. The summed E-state index contributed by atoms with van der Waals surface area (Å²) in [6.45, 7) is 21.0. The van der Waals surface area contributed by atoms with Crippen LogP contribution >= 0.6 is 0 Å². The van der Waals surface area contributed by atoms with Gasteiger partial charge in [-0.2, -0.15) is 0 Å². The van der Waals surface area contributed by atoms with Crippen LogP contribution in [-0.4, -0.2) is 6.94 Å². The van der Waals surface area contributed by atoms with Gasteiger partial charge in [0.05, 0.1) is 0 Å². The van der Waals surface area contributed by atoms with Crippen LogP contribution < -0.4 is 0 Å². The van der Waals surface area contributed by atoms with Gasteiger partial charge in [-0.3, -0.25) is 0 Å². The number of rotatable bonds is 8. The van der Waals surface area contributed by atoms with Crippen LogP contribution in [0.4, 0.5) is 0 Å². The summed E-state index contributed by atoms with van der Waals surface area (Å²) in [5.74, 6) is 2.00. The maximum absolute atomic E-state index is 4.85. The van der Waals surface area contributed by atoms with Crippen molar-refractivity contribution < 1.29 is 14.2 Å². The molecule has 0 radical (unpaired) electrons. The van der Waals surface area contributed by atoms with Crippen molar-refractivity contribution in [1.29, 1.82) is 0 Å². The zero-order valence-corrected chi connectivity index (χ0v) is 36.9. The third-order valence-electron chi connectivity index (χ3n) is 12.4. The van der Waals surface area contributed by atoms with Crippen molar-refractivity contribution in [2.24, 2.45) is 0 Å². The quantitative estimate of drug-likeness (QED) is 0.155. The Balaban J connectivity index is 1.50. The number of benzene rings is 4. The molecule has 48 heavy (non-hydrogen) atoms. The summed E-state index contributed by atoms with van der Waals surface area (Å²) in [7, 11) is 0. The average molecular weight is 820 g/mol. The molecule has 0 fully saturated rings. The van der Waals surface area contributed by atoms with Gasteiger partial charge >= 0.3 is 290 Å². The normalized spacial score (nSPS) is 19.5. The van der Waals surface area contributed by atoms with Crippen molar-refractivity contribution in [2.75, 3.05) is 0 Å². The first kappa shape index (κ1) is 35.3.